The molecule has 0 unspecified atom stereocenters. The van der Waals surface area contributed by atoms with Gasteiger partial charge in [0.2, 0.25) is 0 Å². The number of hydrogen-bond donors (Lipinski definition) is 2. The van der Waals surface area contributed by atoms with Crippen molar-refractivity contribution in [2.45, 2.75) is 6.92 Å². The number of hydrogen-bond acceptors (Lipinski definition) is 5. The Morgan fingerprint density at radius 1 is 1.47 bits per heavy atom. The minimum absolute atomic E-state index is 0.0397. The molecular weight excluding hydrogens is 198 g/mol. The van der Waals surface area contributed by atoms with Crippen LogP contribution >= 0.6 is 0 Å². The van der Waals surface area contributed by atoms with Crippen molar-refractivity contribution in [1.82, 2.24) is 0 Å². The molecule has 0 atom stereocenters. The van der Waals surface area contributed by atoms with Gasteiger partial charge in [-0.15, -0.1) is 0 Å². The van der Waals surface area contributed by atoms with Gasteiger partial charge in [-0.3, -0.25) is 0 Å². The van der Waals surface area contributed by atoms with Crippen molar-refractivity contribution in [3.05, 3.63) is 17.2 Å². The average Bonchev–Trinajstić information content (AvgIpc) is 2.24. The van der Waals surface area contributed by atoms with Crippen LogP contribution in [0.2, 0.25) is 0 Å². The molecule has 1 aromatic carbocycles. The smallest absolute Gasteiger partial charge is 0.341 e. The van der Waals surface area contributed by atoms with Crippen LogP contribution in [-0.4, -0.2) is 25.3 Å². The van der Waals surface area contributed by atoms with Crippen LogP contribution in [0, 0.1) is 6.92 Å². The number of nitrogen functional groups attached to an aromatic ring is 1. The Bertz CT molecular complexity index is 401. The summed E-state index contributed by atoms with van der Waals surface area (Å²) in [6.45, 7) is 1.64. The summed E-state index contributed by atoms with van der Waals surface area (Å²) < 4.78 is 9.52. The first-order chi connectivity index (χ1) is 7.02. The van der Waals surface area contributed by atoms with Crippen LogP contribution in [0.15, 0.2) is 6.07 Å². The summed E-state index contributed by atoms with van der Waals surface area (Å²) in [6, 6.07) is 1.47. The Morgan fingerprint density at radius 3 is 2.53 bits per heavy atom. The number of rotatable bonds is 2. The average molecular weight is 211 g/mol. The highest BCUT2D eigenvalue weighted by Gasteiger charge is 2.19. The third-order valence-electron chi connectivity index (χ3n) is 2.09. The number of benzene rings is 1. The van der Waals surface area contributed by atoms with E-state index >= 15 is 0 Å². The van der Waals surface area contributed by atoms with Crippen molar-refractivity contribution in [1.29, 1.82) is 0 Å². The lowest BCUT2D eigenvalue weighted by Crippen LogP contribution is -2.07. The maximum atomic E-state index is 11.4. The van der Waals surface area contributed by atoms with Crippen LogP contribution in [0.25, 0.3) is 0 Å². The number of esters is 1. The quantitative estimate of drug-likeness (QED) is 0.434. The van der Waals surface area contributed by atoms with Gasteiger partial charge in [-0.2, -0.15) is 0 Å². The van der Waals surface area contributed by atoms with Crippen LogP contribution in [0.4, 0.5) is 5.69 Å². The lowest BCUT2D eigenvalue weighted by Gasteiger charge is -2.12. The van der Waals surface area contributed by atoms with Crippen molar-refractivity contribution in [3.8, 4) is 11.5 Å². The van der Waals surface area contributed by atoms with Gasteiger partial charge in [0.25, 0.3) is 0 Å². The van der Waals surface area contributed by atoms with E-state index in [4.69, 9.17) is 10.5 Å². The predicted molar refractivity (Wildman–Crippen MR) is 55.1 cm³/mol. The molecule has 15 heavy (non-hydrogen) atoms. The molecule has 0 aliphatic heterocycles. The van der Waals surface area contributed by atoms with E-state index in [1.165, 1.54) is 20.3 Å². The zero-order chi connectivity index (χ0) is 11.6. The molecular formula is C10H13NO4. The number of ether oxygens (including phenoxy) is 2. The normalized spacial score (nSPS) is 9.80. The highest BCUT2D eigenvalue weighted by atomic mass is 16.5. The number of phenols is 1. The molecule has 0 aliphatic carbocycles. The second-order valence-electron chi connectivity index (χ2n) is 3.03. The van der Waals surface area contributed by atoms with Crippen LogP contribution < -0.4 is 10.5 Å². The van der Waals surface area contributed by atoms with Crippen LogP contribution in [0.5, 0.6) is 11.5 Å². The summed E-state index contributed by atoms with van der Waals surface area (Å²) in [7, 11) is 2.63. The third kappa shape index (κ3) is 1.81. The monoisotopic (exact) mass is 211 g/mol. The SMILES string of the molecule is COC(=O)c1cc(C)c(O)c(N)c1OC. The van der Waals surface area contributed by atoms with E-state index in [1.807, 2.05) is 0 Å². The van der Waals surface area contributed by atoms with Gasteiger partial charge in [-0.25, -0.2) is 4.79 Å². The van der Waals surface area contributed by atoms with E-state index < -0.39 is 5.97 Å². The third-order valence-corrected chi connectivity index (χ3v) is 2.09. The van der Waals surface area contributed by atoms with Gasteiger partial charge < -0.3 is 20.3 Å². The highest BCUT2D eigenvalue weighted by molar-refractivity contribution is 5.96. The zero-order valence-electron chi connectivity index (χ0n) is 8.83. The molecule has 1 aromatic rings. The molecule has 0 aromatic heterocycles. The largest absolute Gasteiger partial charge is 0.505 e. The zero-order valence-corrected chi connectivity index (χ0v) is 8.83. The molecule has 82 valence electrons. The first-order valence-electron chi connectivity index (χ1n) is 4.27. The predicted octanol–water partition coefficient (Wildman–Crippen LogP) is 1.08. The van der Waals surface area contributed by atoms with E-state index in [-0.39, 0.29) is 22.7 Å². The number of carbonyl (C=O) groups excluding carboxylic acids is 1. The van der Waals surface area contributed by atoms with Crippen molar-refractivity contribution in [3.63, 3.8) is 0 Å². The van der Waals surface area contributed by atoms with E-state index in [2.05, 4.69) is 4.74 Å². The lowest BCUT2D eigenvalue weighted by atomic mass is 10.1. The van der Waals surface area contributed by atoms with Crippen molar-refractivity contribution in [2.75, 3.05) is 20.0 Å². The Morgan fingerprint density at radius 2 is 2.07 bits per heavy atom. The molecule has 0 saturated carbocycles. The summed E-state index contributed by atoms with van der Waals surface area (Å²) in [4.78, 5) is 11.4. The van der Waals surface area contributed by atoms with Gasteiger partial charge in [0, 0.05) is 0 Å². The molecule has 0 spiro atoms. The second kappa shape index (κ2) is 4.08. The fraction of sp³-hybridized carbons (Fsp3) is 0.300. The molecule has 5 heteroatoms. The van der Waals surface area contributed by atoms with Gasteiger partial charge in [0.1, 0.15) is 17.0 Å². The number of methoxy groups -OCH3 is 2. The van der Waals surface area contributed by atoms with Crippen molar-refractivity contribution >= 4 is 11.7 Å². The first-order valence-corrected chi connectivity index (χ1v) is 4.27. The van der Waals surface area contributed by atoms with Crippen molar-refractivity contribution in [2.24, 2.45) is 0 Å². The fourth-order valence-electron chi connectivity index (χ4n) is 1.30. The summed E-state index contributed by atoms with van der Waals surface area (Å²) >= 11 is 0. The first kappa shape index (κ1) is 11.2. The van der Waals surface area contributed by atoms with Crippen LogP contribution in [0.1, 0.15) is 15.9 Å². The summed E-state index contributed by atoms with van der Waals surface area (Å²) in [5.74, 6) is -0.508. The Kier molecular flexibility index (Phi) is 3.04. The number of aromatic hydroxyl groups is 1. The topological polar surface area (TPSA) is 81.8 Å². The van der Waals surface area contributed by atoms with E-state index in [0.717, 1.165) is 0 Å². The maximum Gasteiger partial charge on any atom is 0.341 e. The Labute approximate surface area is 87.4 Å². The van der Waals surface area contributed by atoms with Gasteiger partial charge >= 0.3 is 5.97 Å². The number of phenolic OH excluding ortho intramolecular Hbond substituents is 1. The van der Waals surface area contributed by atoms with Crippen LogP contribution in [-0.2, 0) is 4.74 Å². The van der Waals surface area contributed by atoms with Gasteiger partial charge in [0.05, 0.1) is 14.2 Å². The molecule has 1 rings (SSSR count). The molecule has 0 radical (unpaired) electrons. The standard InChI is InChI=1S/C10H13NO4/c1-5-4-6(10(13)15-3)9(14-2)7(11)8(5)12/h4,12H,11H2,1-3H3. The summed E-state index contributed by atoms with van der Waals surface area (Å²) in [6.07, 6.45) is 0. The number of carbonyl (C=O) groups is 1. The van der Waals surface area contributed by atoms with Gasteiger partial charge in [-0.05, 0) is 18.6 Å². The molecule has 0 fully saturated rings. The number of aryl methyl sites for hydroxylation is 1. The maximum absolute atomic E-state index is 11.4. The molecule has 5 nitrogen and oxygen atoms in total. The molecule has 0 aliphatic rings. The highest BCUT2D eigenvalue weighted by Crippen LogP contribution is 2.37. The Balaban J connectivity index is 3.45. The Hall–Kier alpha value is -1.91. The molecule has 0 amide bonds. The van der Waals surface area contributed by atoms with Crippen molar-refractivity contribution < 1.29 is 19.4 Å². The summed E-state index contributed by atoms with van der Waals surface area (Å²) in [5.41, 5.74) is 6.34. The minimum atomic E-state index is -0.554. The van der Waals surface area contributed by atoms with Gasteiger partial charge in [0.15, 0.2) is 5.75 Å². The second-order valence-corrected chi connectivity index (χ2v) is 3.03. The minimum Gasteiger partial charge on any atom is -0.505 e. The molecule has 0 saturated heterocycles. The van der Waals surface area contributed by atoms with Gasteiger partial charge in [-0.1, -0.05) is 0 Å². The summed E-state index contributed by atoms with van der Waals surface area (Å²) in [5, 5.41) is 9.54. The number of anilines is 1. The molecule has 0 bridgehead atoms. The molecule has 3 N–H and O–H groups in total. The fourth-order valence-corrected chi connectivity index (χ4v) is 1.30. The lowest BCUT2D eigenvalue weighted by molar-refractivity contribution is 0.0597. The van der Waals surface area contributed by atoms with E-state index in [1.54, 1.807) is 6.92 Å². The number of nitrogens with two attached hydrogens (primary N) is 1. The van der Waals surface area contributed by atoms with E-state index in [0.29, 0.717) is 5.56 Å². The van der Waals surface area contributed by atoms with Crippen LogP contribution in [0.3, 0.4) is 0 Å². The van der Waals surface area contributed by atoms with E-state index in [9.17, 15) is 9.90 Å². The molecule has 0 heterocycles.